The molecule has 0 aliphatic rings. The summed E-state index contributed by atoms with van der Waals surface area (Å²) in [4.78, 5) is 21.0. The Bertz CT molecular complexity index is 1130. The predicted molar refractivity (Wildman–Crippen MR) is 112 cm³/mol. The zero-order valence-corrected chi connectivity index (χ0v) is 17.1. The van der Waals surface area contributed by atoms with E-state index in [0.29, 0.717) is 35.1 Å². The lowest BCUT2D eigenvalue weighted by Crippen LogP contribution is -2.13. The number of halogens is 1. The summed E-state index contributed by atoms with van der Waals surface area (Å²) >= 11 is 3.18. The third-order valence-electron chi connectivity index (χ3n) is 4.14. The maximum Gasteiger partial charge on any atom is 0.227 e. The lowest BCUT2D eigenvalue weighted by Gasteiger charge is -2.07. The standard InChI is InChI=1S/C20H17FN4O2S2/c1-12-10-13(21)6-7-14(12)22-18(26)8-9-19-24-17(25-27-19)11-28-20-23-15-4-2-3-5-16(15)29-20/h2-7,10H,8-9,11H2,1H3,(H,22,26). The van der Waals surface area contributed by atoms with Gasteiger partial charge in [-0.2, -0.15) is 4.98 Å². The Balaban J connectivity index is 1.28. The van der Waals surface area contributed by atoms with Gasteiger partial charge in [0.1, 0.15) is 5.82 Å². The second kappa shape index (κ2) is 8.71. The molecule has 2 aromatic heterocycles. The first-order valence-corrected chi connectivity index (χ1v) is 10.7. The molecule has 2 aromatic carbocycles. The van der Waals surface area contributed by atoms with Crippen molar-refractivity contribution in [2.45, 2.75) is 29.9 Å². The van der Waals surface area contributed by atoms with Gasteiger partial charge in [0.2, 0.25) is 11.8 Å². The van der Waals surface area contributed by atoms with Gasteiger partial charge in [0, 0.05) is 18.5 Å². The Morgan fingerprint density at radius 1 is 1.24 bits per heavy atom. The molecule has 6 nitrogen and oxygen atoms in total. The van der Waals surface area contributed by atoms with E-state index in [1.807, 2.05) is 24.3 Å². The summed E-state index contributed by atoms with van der Waals surface area (Å²) in [6.07, 6.45) is 0.536. The van der Waals surface area contributed by atoms with Crippen LogP contribution < -0.4 is 5.32 Å². The quantitative estimate of drug-likeness (QED) is 0.418. The molecule has 29 heavy (non-hydrogen) atoms. The van der Waals surface area contributed by atoms with Crippen molar-refractivity contribution in [2.75, 3.05) is 5.32 Å². The number of thiazole rings is 1. The van der Waals surface area contributed by atoms with Crippen LogP contribution in [0.4, 0.5) is 10.1 Å². The average molecular weight is 429 g/mol. The van der Waals surface area contributed by atoms with Gasteiger partial charge >= 0.3 is 0 Å². The van der Waals surface area contributed by atoms with E-state index in [4.69, 9.17) is 4.52 Å². The largest absolute Gasteiger partial charge is 0.339 e. The fraction of sp³-hybridized carbons (Fsp3) is 0.200. The SMILES string of the molecule is Cc1cc(F)ccc1NC(=O)CCc1nc(CSc2nc3ccccc3s2)no1. The lowest BCUT2D eigenvalue weighted by molar-refractivity contribution is -0.116. The maximum absolute atomic E-state index is 13.1. The molecule has 0 aliphatic heterocycles. The second-order valence-electron chi connectivity index (χ2n) is 6.35. The molecule has 0 fully saturated rings. The Labute approximate surface area is 174 Å². The number of para-hydroxylation sites is 1. The topological polar surface area (TPSA) is 80.9 Å². The van der Waals surface area contributed by atoms with E-state index in [2.05, 4.69) is 20.4 Å². The van der Waals surface area contributed by atoms with Crippen molar-refractivity contribution in [3.63, 3.8) is 0 Å². The number of carbonyl (C=O) groups is 1. The highest BCUT2D eigenvalue weighted by atomic mass is 32.2. The molecule has 148 valence electrons. The number of nitrogens with one attached hydrogen (secondary N) is 1. The molecule has 1 N–H and O–H groups in total. The zero-order valence-electron chi connectivity index (χ0n) is 15.5. The summed E-state index contributed by atoms with van der Waals surface area (Å²) in [5, 5.41) is 6.73. The van der Waals surface area contributed by atoms with Crippen LogP contribution in [0.3, 0.4) is 0 Å². The number of thioether (sulfide) groups is 1. The summed E-state index contributed by atoms with van der Waals surface area (Å²) in [7, 11) is 0. The molecule has 1 amide bonds. The molecule has 2 heterocycles. The number of nitrogens with zero attached hydrogens (tertiary/aromatic N) is 3. The summed E-state index contributed by atoms with van der Waals surface area (Å²) in [5.74, 6) is 1.01. The first-order valence-electron chi connectivity index (χ1n) is 8.92. The molecule has 0 atom stereocenters. The molecule has 0 saturated carbocycles. The highest BCUT2D eigenvalue weighted by Crippen LogP contribution is 2.30. The monoisotopic (exact) mass is 428 g/mol. The number of hydrogen-bond acceptors (Lipinski definition) is 7. The first-order chi connectivity index (χ1) is 14.1. The number of rotatable bonds is 7. The van der Waals surface area contributed by atoms with Crippen molar-refractivity contribution >= 4 is 44.9 Å². The van der Waals surface area contributed by atoms with Gasteiger partial charge in [-0.25, -0.2) is 9.37 Å². The first kappa shape index (κ1) is 19.5. The van der Waals surface area contributed by atoms with Gasteiger partial charge < -0.3 is 9.84 Å². The third-order valence-corrected chi connectivity index (χ3v) is 6.31. The molecule has 0 spiro atoms. The highest BCUT2D eigenvalue weighted by molar-refractivity contribution is 8.00. The van der Waals surface area contributed by atoms with Gasteiger partial charge in [0.25, 0.3) is 0 Å². The van der Waals surface area contributed by atoms with Crippen LogP contribution in [0.15, 0.2) is 51.3 Å². The number of amides is 1. The van der Waals surface area contributed by atoms with Crippen molar-refractivity contribution in [2.24, 2.45) is 0 Å². The normalized spacial score (nSPS) is 11.1. The molecule has 0 unspecified atom stereocenters. The molecule has 4 aromatic rings. The van der Waals surface area contributed by atoms with Crippen molar-refractivity contribution in [3.8, 4) is 0 Å². The summed E-state index contributed by atoms with van der Waals surface area (Å²) < 4.78 is 20.5. The fourth-order valence-electron chi connectivity index (χ4n) is 2.69. The predicted octanol–water partition coefficient (Wildman–Crippen LogP) is 4.99. The van der Waals surface area contributed by atoms with E-state index in [1.54, 1.807) is 36.1 Å². The van der Waals surface area contributed by atoms with Crippen molar-refractivity contribution in [3.05, 3.63) is 65.6 Å². The van der Waals surface area contributed by atoms with Crippen LogP contribution in [0.5, 0.6) is 0 Å². The van der Waals surface area contributed by atoms with Gasteiger partial charge in [-0.3, -0.25) is 4.79 Å². The molecule has 0 saturated heterocycles. The van der Waals surface area contributed by atoms with Crippen LogP contribution in [-0.4, -0.2) is 21.0 Å². The smallest absolute Gasteiger partial charge is 0.227 e. The molecular weight excluding hydrogens is 411 g/mol. The number of carbonyl (C=O) groups excluding carboxylic acids is 1. The van der Waals surface area contributed by atoms with Gasteiger partial charge in [0.05, 0.1) is 16.0 Å². The number of benzene rings is 2. The maximum atomic E-state index is 13.1. The number of anilines is 1. The van der Waals surface area contributed by atoms with Gasteiger partial charge in [-0.05, 0) is 42.8 Å². The minimum absolute atomic E-state index is 0.191. The van der Waals surface area contributed by atoms with Gasteiger partial charge in [-0.15, -0.1) is 11.3 Å². The van der Waals surface area contributed by atoms with Crippen LogP contribution >= 0.6 is 23.1 Å². The molecule has 0 radical (unpaired) electrons. The number of aryl methyl sites for hydroxylation is 2. The lowest BCUT2D eigenvalue weighted by atomic mass is 10.2. The average Bonchev–Trinajstić information content (AvgIpc) is 3.33. The van der Waals surface area contributed by atoms with Crippen molar-refractivity contribution in [1.82, 2.24) is 15.1 Å². The van der Waals surface area contributed by atoms with E-state index in [-0.39, 0.29) is 18.1 Å². The Morgan fingerprint density at radius 2 is 2.10 bits per heavy atom. The van der Waals surface area contributed by atoms with E-state index >= 15 is 0 Å². The second-order valence-corrected chi connectivity index (χ2v) is 8.60. The number of fused-ring (bicyclic) bond motifs is 1. The van der Waals surface area contributed by atoms with E-state index < -0.39 is 0 Å². The Hall–Kier alpha value is -2.78. The summed E-state index contributed by atoms with van der Waals surface area (Å²) in [6.45, 7) is 1.74. The summed E-state index contributed by atoms with van der Waals surface area (Å²) in [6, 6.07) is 12.2. The zero-order chi connectivity index (χ0) is 20.2. The molecule has 4 rings (SSSR count). The van der Waals surface area contributed by atoms with Crippen LogP contribution in [0.2, 0.25) is 0 Å². The third kappa shape index (κ3) is 4.99. The van der Waals surface area contributed by atoms with Crippen LogP contribution in [0.25, 0.3) is 10.2 Å². The fourth-order valence-corrected chi connectivity index (χ4v) is 4.60. The van der Waals surface area contributed by atoms with E-state index in [1.165, 1.54) is 12.1 Å². The van der Waals surface area contributed by atoms with Crippen molar-refractivity contribution < 1.29 is 13.7 Å². The molecule has 0 bridgehead atoms. The van der Waals surface area contributed by atoms with Crippen LogP contribution in [0, 0.1) is 12.7 Å². The highest BCUT2D eigenvalue weighted by Gasteiger charge is 2.12. The minimum atomic E-state index is -0.331. The molecular formula is C20H17FN4O2S2. The Morgan fingerprint density at radius 3 is 2.93 bits per heavy atom. The van der Waals surface area contributed by atoms with Gasteiger partial charge in [-0.1, -0.05) is 29.1 Å². The van der Waals surface area contributed by atoms with E-state index in [9.17, 15) is 9.18 Å². The van der Waals surface area contributed by atoms with E-state index in [0.717, 1.165) is 14.6 Å². The molecule has 9 heteroatoms. The summed E-state index contributed by atoms with van der Waals surface area (Å²) in [5.41, 5.74) is 2.25. The molecule has 0 aliphatic carbocycles. The number of hydrogen-bond donors (Lipinski definition) is 1. The van der Waals surface area contributed by atoms with Gasteiger partial charge in [0.15, 0.2) is 10.2 Å². The van der Waals surface area contributed by atoms with Crippen LogP contribution in [0.1, 0.15) is 23.7 Å². The van der Waals surface area contributed by atoms with Crippen molar-refractivity contribution in [1.29, 1.82) is 0 Å². The van der Waals surface area contributed by atoms with Crippen LogP contribution in [-0.2, 0) is 17.0 Å². The minimum Gasteiger partial charge on any atom is -0.339 e. The number of aromatic nitrogens is 3. The Kier molecular flexibility index (Phi) is 5.86.